The van der Waals surface area contributed by atoms with Crippen molar-refractivity contribution in [2.24, 2.45) is 11.3 Å². The van der Waals surface area contributed by atoms with Crippen LogP contribution in [-0.4, -0.2) is 5.97 Å². The number of carbonyl (C=O) groups is 1. The minimum Gasteiger partial charge on any atom is -0.460 e. The molecule has 2 atom stereocenters. The van der Waals surface area contributed by atoms with Gasteiger partial charge in [-0.05, 0) is 70.8 Å². The summed E-state index contributed by atoms with van der Waals surface area (Å²) >= 11 is 0. The molecule has 3 heteroatoms. The van der Waals surface area contributed by atoms with Crippen LogP contribution in [0.3, 0.4) is 0 Å². The first-order valence-electron chi connectivity index (χ1n) is 15.4. The highest BCUT2D eigenvalue weighted by Gasteiger charge is 2.46. The van der Waals surface area contributed by atoms with Gasteiger partial charge in [0.05, 0.1) is 11.5 Å². The maximum absolute atomic E-state index is 14.4. The number of carbonyl (C=O) groups excluding carboxylic acids is 1. The van der Waals surface area contributed by atoms with Crippen molar-refractivity contribution < 1.29 is 9.53 Å². The molecule has 0 aliphatic carbocycles. The Bertz CT molecular complexity index is 1630. The van der Waals surface area contributed by atoms with Gasteiger partial charge in [-0.1, -0.05) is 129 Å². The highest BCUT2D eigenvalue weighted by molar-refractivity contribution is 6.02. The Morgan fingerprint density at radius 3 is 1.84 bits per heavy atom. The number of hydrogen-bond donors (Lipinski definition) is 0. The Balaban J connectivity index is 1.57. The fraction of sp³-hybridized carbons (Fsp3) is 0.300. The van der Waals surface area contributed by atoms with Gasteiger partial charge in [-0.2, -0.15) is 5.26 Å². The summed E-state index contributed by atoms with van der Waals surface area (Å²) in [7, 11) is 0. The van der Waals surface area contributed by atoms with Crippen LogP contribution in [0.25, 0.3) is 21.5 Å². The normalized spacial score (nSPS) is 13.7. The van der Waals surface area contributed by atoms with E-state index in [9.17, 15) is 10.1 Å². The molecule has 0 spiro atoms. The monoisotopic (exact) mass is 567 g/mol. The molecule has 0 radical (unpaired) electrons. The van der Waals surface area contributed by atoms with Crippen molar-refractivity contribution in [1.82, 2.24) is 0 Å². The van der Waals surface area contributed by atoms with E-state index in [4.69, 9.17) is 4.74 Å². The predicted octanol–water partition coefficient (Wildman–Crippen LogP) is 10.2. The summed E-state index contributed by atoms with van der Waals surface area (Å²) in [5, 5.41) is 14.1. The van der Waals surface area contributed by atoms with Crippen LogP contribution in [0.2, 0.25) is 0 Å². The first kappa shape index (κ1) is 30.1. The zero-order valence-corrected chi connectivity index (χ0v) is 25.6. The molecule has 0 amide bonds. The molecule has 0 fully saturated rings. The van der Waals surface area contributed by atoms with E-state index < -0.39 is 10.8 Å². The quantitative estimate of drug-likeness (QED) is 0.111. The lowest BCUT2D eigenvalue weighted by atomic mass is 9.60. The molecule has 0 saturated heterocycles. The van der Waals surface area contributed by atoms with E-state index in [0.29, 0.717) is 18.8 Å². The third-order valence-corrected chi connectivity index (χ3v) is 9.25. The Labute approximate surface area is 256 Å². The van der Waals surface area contributed by atoms with Crippen molar-refractivity contribution >= 4 is 27.5 Å². The Kier molecular flexibility index (Phi) is 9.27. The molecule has 43 heavy (non-hydrogen) atoms. The summed E-state index contributed by atoms with van der Waals surface area (Å²) in [5.41, 5.74) is 2.10. The Hall–Kier alpha value is -4.42. The van der Waals surface area contributed by atoms with Gasteiger partial charge in [0, 0.05) is 17.4 Å². The fourth-order valence-corrected chi connectivity index (χ4v) is 6.77. The standard InChI is InChI=1S/C40H41NO2/c1-4-30(2)27-40(33-18-7-5-8-19-33,34-20-9-6-10-21-34)29-39(3,24-15-25-41)38(42)43-28-37-35-22-13-11-16-31(35)26-32-17-12-14-23-36(32)37/h5-14,16-23,26,30H,4,15,24,27-29H2,1-3H3. The smallest absolute Gasteiger partial charge is 0.312 e. The first-order valence-corrected chi connectivity index (χ1v) is 15.4. The van der Waals surface area contributed by atoms with Crippen molar-refractivity contribution in [3.8, 4) is 6.07 Å². The van der Waals surface area contributed by atoms with Gasteiger partial charge in [-0.25, -0.2) is 0 Å². The van der Waals surface area contributed by atoms with Crippen LogP contribution in [0.1, 0.15) is 69.6 Å². The molecule has 218 valence electrons. The third-order valence-electron chi connectivity index (χ3n) is 9.25. The van der Waals surface area contributed by atoms with E-state index >= 15 is 0 Å². The number of esters is 1. The van der Waals surface area contributed by atoms with Gasteiger partial charge in [-0.3, -0.25) is 4.79 Å². The fourth-order valence-electron chi connectivity index (χ4n) is 6.77. The zero-order chi connectivity index (χ0) is 30.3. The SMILES string of the molecule is CCC(C)CC(CC(C)(CCC#N)C(=O)OCc1c2ccccc2cc2ccccc12)(c1ccccc1)c1ccccc1. The van der Waals surface area contributed by atoms with Gasteiger partial charge in [0.15, 0.2) is 0 Å². The summed E-state index contributed by atoms with van der Waals surface area (Å²) in [6.45, 7) is 6.70. The van der Waals surface area contributed by atoms with E-state index in [1.54, 1.807) is 0 Å². The van der Waals surface area contributed by atoms with Gasteiger partial charge in [0.2, 0.25) is 0 Å². The highest BCUT2D eigenvalue weighted by Crippen LogP contribution is 2.49. The second-order valence-corrected chi connectivity index (χ2v) is 12.3. The van der Waals surface area contributed by atoms with Crippen molar-refractivity contribution in [3.05, 3.63) is 132 Å². The topological polar surface area (TPSA) is 50.1 Å². The second kappa shape index (κ2) is 13.3. The maximum Gasteiger partial charge on any atom is 0.312 e. The van der Waals surface area contributed by atoms with Gasteiger partial charge in [0.25, 0.3) is 0 Å². The molecule has 0 bridgehead atoms. The van der Waals surface area contributed by atoms with Crippen LogP contribution >= 0.6 is 0 Å². The lowest BCUT2D eigenvalue weighted by Gasteiger charge is -2.43. The molecule has 3 nitrogen and oxygen atoms in total. The molecular formula is C40H41NO2. The van der Waals surface area contributed by atoms with Gasteiger partial charge >= 0.3 is 5.97 Å². The average Bonchev–Trinajstić information content (AvgIpc) is 3.06. The summed E-state index contributed by atoms with van der Waals surface area (Å²) in [6, 6.07) is 42.2. The summed E-state index contributed by atoms with van der Waals surface area (Å²) in [4.78, 5) is 14.4. The number of nitriles is 1. The predicted molar refractivity (Wildman–Crippen MR) is 177 cm³/mol. The number of ether oxygens (including phenoxy) is 1. The summed E-state index contributed by atoms with van der Waals surface area (Å²) < 4.78 is 6.31. The molecule has 5 rings (SSSR count). The zero-order valence-electron chi connectivity index (χ0n) is 25.6. The highest BCUT2D eigenvalue weighted by atomic mass is 16.5. The second-order valence-electron chi connectivity index (χ2n) is 12.3. The van der Waals surface area contributed by atoms with Crippen LogP contribution in [0, 0.1) is 22.7 Å². The molecule has 0 N–H and O–H groups in total. The number of benzene rings is 5. The third kappa shape index (κ3) is 6.35. The molecule has 0 saturated carbocycles. The molecule has 2 unspecified atom stereocenters. The largest absolute Gasteiger partial charge is 0.460 e. The van der Waals surface area contributed by atoms with Crippen molar-refractivity contribution in [3.63, 3.8) is 0 Å². The lowest BCUT2D eigenvalue weighted by Crippen LogP contribution is -2.41. The lowest BCUT2D eigenvalue weighted by molar-refractivity contribution is -0.158. The number of hydrogen-bond acceptors (Lipinski definition) is 3. The molecule has 5 aromatic rings. The van der Waals surface area contributed by atoms with Crippen molar-refractivity contribution in [2.75, 3.05) is 0 Å². The summed E-state index contributed by atoms with van der Waals surface area (Å²) in [6.07, 6.45) is 3.19. The maximum atomic E-state index is 14.4. The van der Waals surface area contributed by atoms with Crippen LogP contribution in [-0.2, 0) is 21.6 Å². The number of rotatable bonds is 12. The van der Waals surface area contributed by atoms with Crippen LogP contribution in [0.15, 0.2) is 115 Å². The van der Waals surface area contributed by atoms with E-state index in [1.807, 2.05) is 43.3 Å². The minimum atomic E-state index is -0.880. The Morgan fingerprint density at radius 2 is 1.33 bits per heavy atom. The van der Waals surface area contributed by atoms with Gasteiger partial charge in [0.1, 0.15) is 6.61 Å². The minimum absolute atomic E-state index is 0.178. The van der Waals surface area contributed by atoms with Crippen LogP contribution < -0.4 is 0 Å². The Morgan fingerprint density at radius 1 is 0.814 bits per heavy atom. The van der Waals surface area contributed by atoms with Gasteiger partial charge < -0.3 is 4.74 Å². The molecule has 5 aromatic carbocycles. The first-order chi connectivity index (χ1) is 20.9. The van der Waals surface area contributed by atoms with Crippen LogP contribution in [0.5, 0.6) is 0 Å². The van der Waals surface area contributed by atoms with Crippen LogP contribution in [0.4, 0.5) is 0 Å². The summed E-state index contributed by atoms with van der Waals surface area (Å²) in [5.74, 6) is 0.179. The van der Waals surface area contributed by atoms with Crippen molar-refractivity contribution in [2.45, 2.75) is 64.9 Å². The van der Waals surface area contributed by atoms with E-state index in [2.05, 4.69) is 98.8 Å². The average molecular weight is 568 g/mol. The van der Waals surface area contributed by atoms with E-state index in [0.717, 1.165) is 39.9 Å². The molecule has 0 aliphatic heterocycles. The van der Waals surface area contributed by atoms with Gasteiger partial charge in [-0.15, -0.1) is 0 Å². The molecular weight excluding hydrogens is 526 g/mol. The molecule has 0 heterocycles. The van der Waals surface area contributed by atoms with E-state index in [1.165, 1.54) is 11.1 Å². The van der Waals surface area contributed by atoms with Crippen molar-refractivity contribution in [1.29, 1.82) is 5.26 Å². The molecule has 0 aromatic heterocycles. The van der Waals surface area contributed by atoms with E-state index in [-0.39, 0.29) is 19.0 Å². The number of fused-ring (bicyclic) bond motifs is 2. The number of nitrogens with zero attached hydrogens (tertiary/aromatic N) is 1. The molecule has 0 aliphatic rings.